The van der Waals surface area contributed by atoms with Gasteiger partial charge in [0.25, 0.3) is 0 Å². The Bertz CT molecular complexity index is 446. The number of rotatable bonds is 2. The van der Waals surface area contributed by atoms with Crippen LogP contribution in [0.2, 0.25) is 0 Å². The number of halogens is 2. The van der Waals surface area contributed by atoms with Gasteiger partial charge in [-0.15, -0.1) is 0 Å². The third-order valence-electron chi connectivity index (χ3n) is 3.70. The van der Waals surface area contributed by atoms with Gasteiger partial charge < -0.3 is 0 Å². The predicted octanol–water partition coefficient (Wildman–Crippen LogP) is 5.70. The third-order valence-corrected chi connectivity index (χ3v) is 15.3. The molecule has 0 aromatic carbocycles. The fourth-order valence-electron chi connectivity index (χ4n) is 2.85. The van der Waals surface area contributed by atoms with Gasteiger partial charge in [-0.05, 0) is 0 Å². The molecule has 3 heteroatoms. The van der Waals surface area contributed by atoms with Gasteiger partial charge in [-0.1, -0.05) is 0 Å². The van der Waals surface area contributed by atoms with Crippen LogP contribution in [0.25, 0.3) is 0 Å². The van der Waals surface area contributed by atoms with Crippen LogP contribution in [-0.4, -0.2) is 0 Å². The van der Waals surface area contributed by atoms with Crippen LogP contribution in [0.4, 0.5) is 0 Å². The molecule has 0 fully saturated rings. The van der Waals surface area contributed by atoms with Gasteiger partial charge in [0.2, 0.25) is 0 Å². The SMILES string of the molecule is CC1=CCC(C)=[C]1[Zr]([Cl])([Cl])[C]1=C(C)CC=C1C. The van der Waals surface area contributed by atoms with Gasteiger partial charge in [-0.3, -0.25) is 0 Å². The first kappa shape index (κ1) is 13.8. The monoisotopic (exact) mass is 346 g/mol. The summed E-state index contributed by atoms with van der Waals surface area (Å²) in [5.74, 6) is 0. The summed E-state index contributed by atoms with van der Waals surface area (Å²) in [4.78, 5) is 0. The van der Waals surface area contributed by atoms with Crippen LogP contribution in [0.1, 0.15) is 40.5 Å². The van der Waals surface area contributed by atoms with Crippen LogP contribution in [0.15, 0.2) is 41.0 Å². The summed E-state index contributed by atoms with van der Waals surface area (Å²) in [5, 5.41) is 0. The van der Waals surface area contributed by atoms with Crippen molar-refractivity contribution in [1.29, 1.82) is 0 Å². The first-order chi connectivity index (χ1) is 7.85. The van der Waals surface area contributed by atoms with Crippen LogP contribution in [0.5, 0.6) is 0 Å². The van der Waals surface area contributed by atoms with Crippen LogP contribution >= 0.6 is 17.0 Å². The van der Waals surface area contributed by atoms with E-state index < -0.39 is 17.9 Å². The molecule has 0 atom stereocenters. The Morgan fingerprint density at radius 3 is 1.41 bits per heavy atom. The standard InChI is InChI=1S/2C7H9.2ClH.Zr/c2*1-6-3-4-7(2)5-6;;;/h2*3H,4H2,1-2H3;2*1H;/q;;;;+2/p-2. The summed E-state index contributed by atoms with van der Waals surface area (Å²) >= 11 is -3.36. The molecule has 92 valence electrons. The van der Waals surface area contributed by atoms with E-state index in [1.54, 1.807) is 0 Å². The number of hydrogen-bond acceptors (Lipinski definition) is 0. The molecule has 0 radical (unpaired) electrons. The molecule has 0 N–H and O–H groups in total. The van der Waals surface area contributed by atoms with E-state index in [9.17, 15) is 0 Å². The molecule has 0 saturated heterocycles. The Hall–Kier alpha value is 0.423. The van der Waals surface area contributed by atoms with Crippen molar-refractivity contribution < 1.29 is 17.9 Å². The third kappa shape index (κ3) is 2.31. The zero-order valence-electron chi connectivity index (χ0n) is 10.8. The summed E-state index contributed by atoms with van der Waals surface area (Å²) in [6.07, 6.45) is 6.55. The maximum absolute atomic E-state index is 6.91. The number of allylic oxidation sites excluding steroid dienone is 8. The van der Waals surface area contributed by atoms with Gasteiger partial charge in [0.1, 0.15) is 0 Å². The molecule has 0 aromatic rings. The molecule has 0 unspecified atom stereocenters. The van der Waals surface area contributed by atoms with E-state index in [2.05, 4.69) is 39.8 Å². The normalized spacial score (nSPS) is 21.3. The molecule has 0 aliphatic heterocycles. The maximum atomic E-state index is 6.91. The summed E-state index contributed by atoms with van der Waals surface area (Å²) in [6, 6.07) is 0. The summed E-state index contributed by atoms with van der Waals surface area (Å²) < 4.78 is 2.62. The van der Waals surface area contributed by atoms with Crippen molar-refractivity contribution in [2.75, 3.05) is 0 Å². The Labute approximate surface area is 116 Å². The van der Waals surface area contributed by atoms with Crippen molar-refractivity contribution in [1.82, 2.24) is 0 Å². The zero-order chi connectivity index (χ0) is 12.8. The molecule has 2 aliphatic carbocycles. The average molecular weight is 348 g/mol. The van der Waals surface area contributed by atoms with Crippen LogP contribution in [0, 0.1) is 0 Å². The molecule has 0 bridgehead atoms. The average Bonchev–Trinajstić information content (AvgIpc) is 2.71. The molecular weight excluding hydrogens is 330 g/mol. The molecule has 2 rings (SSSR count). The van der Waals surface area contributed by atoms with Gasteiger partial charge in [-0.25, -0.2) is 0 Å². The van der Waals surface area contributed by atoms with Crippen LogP contribution in [-0.2, 0) is 17.9 Å². The van der Waals surface area contributed by atoms with Gasteiger partial charge in [0.15, 0.2) is 0 Å². The minimum atomic E-state index is -3.36. The van der Waals surface area contributed by atoms with E-state index in [1.165, 1.54) is 28.9 Å². The zero-order valence-corrected chi connectivity index (χ0v) is 14.8. The Balaban J connectivity index is 2.52. The van der Waals surface area contributed by atoms with E-state index in [0.717, 1.165) is 12.8 Å². The molecular formula is C14H18Cl2Zr. The topological polar surface area (TPSA) is 0 Å². The molecule has 2 aliphatic rings. The van der Waals surface area contributed by atoms with Crippen LogP contribution in [0.3, 0.4) is 0 Å². The molecule has 0 aromatic heterocycles. The fourth-order valence-corrected chi connectivity index (χ4v) is 16.9. The van der Waals surface area contributed by atoms with E-state index in [0.29, 0.717) is 0 Å². The second-order valence-electron chi connectivity index (χ2n) is 5.07. The molecule has 0 amide bonds. The molecule has 0 saturated carbocycles. The second-order valence-corrected chi connectivity index (χ2v) is 18.2. The van der Waals surface area contributed by atoms with E-state index >= 15 is 0 Å². The first-order valence-electron chi connectivity index (χ1n) is 5.98. The van der Waals surface area contributed by atoms with Crippen molar-refractivity contribution in [2.24, 2.45) is 0 Å². The van der Waals surface area contributed by atoms with Gasteiger partial charge in [0, 0.05) is 0 Å². The van der Waals surface area contributed by atoms with Gasteiger partial charge in [-0.2, -0.15) is 0 Å². The molecule has 0 heterocycles. The molecule has 0 nitrogen and oxygen atoms in total. The fraction of sp³-hybridized carbons (Fsp3) is 0.429. The van der Waals surface area contributed by atoms with Crippen molar-refractivity contribution in [3.05, 3.63) is 41.0 Å². The van der Waals surface area contributed by atoms with E-state index in [-0.39, 0.29) is 0 Å². The van der Waals surface area contributed by atoms with Crippen molar-refractivity contribution in [3.63, 3.8) is 0 Å². The summed E-state index contributed by atoms with van der Waals surface area (Å²) in [6.45, 7) is 8.63. The van der Waals surface area contributed by atoms with Crippen molar-refractivity contribution >= 4 is 17.0 Å². The minimum absolute atomic E-state index is 1.02. The van der Waals surface area contributed by atoms with Crippen molar-refractivity contribution in [3.8, 4) is 0 Å². The van der Waals surface area contributed by atoms with Gasteiger partial charge in [0.05, 0.1) is 0 Å². The first-order valence-corrected chi connectivity index (χ1v) is 14.8. The predicted molar refractivity (Wildman–Crippen MR) is 73.9 cm³/mol. The van der Waals surface area contributed by atoms with E-state index in [1.807, 2.05) is 0 Å². The molecule has 0 spiro atoms. The number of hydrogen-bond donors (Lipinski definition) is 0. The van der Waals surface area contributed by atoms with Crippen molar-refractivity contribution in [2.45, 2.75) is 40.5 Å². The van der Waals surface area contributed by atoms with Gasteiger partial charge >= 0.3 is 116 Å². The van der Waals surface area contributed by atoms with E-state index in [4.69, 9.17) is 17.0 Å². The Kier molecular flexibility index (Phi) is 3.94. The Morgan fingerprint density at radius 2 is 1.18 bits per heavy atom. The summed E-state index contributed by atoms with van der Waals surface area (Å²) in [5.41, 5.74) is 5.37. The quantitative estimate of drug-likeness (QED) is 0.601. The molecule has 17 heavy (non-hydrogen) atoms. The van der Waals surface area contributed by atoms with Crippen LogP contribution < -0.4 is 0 Å². The second kappa shape index (κ2) is 4.84. The summed E-state index contributed by atoms with van der Waals surface area (Å²) in [7, 11) is 13.8. The Morgan fingerprint density at radius 1 is 0.824 bits per heavy atom.